The first-order valence-electron chi connectivity index (χ1n) is 8.61. The summed E-state index contributed by atoms with van der Waals surface area (Å²) in [5.41, 5.74) is 2.63. The Morgan fingerprint density at radius 3 is 2.35 bits per heavy atom. The first-order chi connectivity index (χ1) is 12.5. The van der Waals surface area contributed by atoms with Crippen LogP contribution in [0.25, 0.3) is 0 Å². The SMILES string of the molecule is COc1ccc(CCNC(=O)CCC(=O)c2cc(C)ccc2OC)cc1. The van der Waals surface area contributed by atoms with Crippen molar-refractivity contribution in [2.45, 2.75) is 26.2 Å². The number of nitrogens with one attached hydrogen (secondary N) is 1. The molecule has 2 aromatic carbocycles. The van der Waals surface area contributed by atoms with Crippen LogP contribution < -0.4 is 14.8 Å². The Morgan fingerprint density at radius 1 is 0.962 bits per heavy atom. The molecular weight excluding hydrogens is 330 g/mol. The van der Waals surface area contributed by atoms with Crippen LogP contribution in [0.3, 0.4) is 0 Å². The number of ketones is 1. The van der Waals surface area contributed by atoms with Crippen LogP contribution in [0.2, 0.25) is 0 Å². The largest absolute Gasteiger partial charge is 0.497 e. The van der Waals surface area contributed by atoms with Gasteiger partial charge in [0.05, 0.1) is 19.8 Å². The van der Waals surface area contributed by atoms with Crippen molar-refractivity contribution in [1.82, 2.24) is 5.32 Å². The highest BCUT2D eigenvalue weighted by Gasteiger charge is 2.14. The molecule has 0 aliphatic rings. The number of amides is 1. The Hall–Kier alpha value is -2.82. The van der Waals surface area contributed by atoms with E-state index in [0.29, 0.717) is 17.9 Å². The maximum Gasteiger partial charge on any atom is 0.220 e. The average molecular weight is 355 g/mol. The van der Waals surface area contributed by atoms with E-state index in [-0.39, 0.29) is 24.5 Å². The molecule has 0 saturated heterocycles. The number of ether oxygens (including phenoxy) is 2. The van der Waals surface area contributed by atoms with Gasteiger partial charge in [0, 0.05) is 19.4 Å². The van der Waals surface area contributed by atoms with Gasteiger partial charge in [-0.2, -0.15) is 0 Å². The van der Waals surface area contributed by atoms with Crippen molar-refractivity contribution in [3.05, 3.63) is 59.2 Å². The maximum atomic E-state index is 12.4. The third-order valence-corrected chi connectivity index (χ3v) is 4.13. The highest BCUT2D eigenvalue weighted by molar-refractivity contribution is 6.00. The molecule has 138 valence electrons. The number of carbonyl (C=O) groups is 2. The molecular formula is C21H25NO4. The average Bonchev–Trinajstić information content (AvgIpc) is 2.66. The van der Waals surface area contributed by atoms with Gasteiger partial charge in [-0.3, -0.25) is 9.59 Å². The Balaban J connectivity index is 1.77. The second-order valence-electron chi connectivity index (χ2n) is 6.07. The first-order valence-corrected chi connectivity index (χ1v) is 8.61. The molecule has 26 heavy (non-hydrogen) atoms. The second kappa shape index (κ2) is 9.61. The zero-order valence-electron chi connectivity index (χ0n) is 15.5. The molecule has 5 nitrogen and oxygen atoms in total. The van der Waals surface area contributed by atoms with Gasteiger partial charge in [-0.05, 0) is 43.2 Å². The van der Waals surface area contributed by atoms with Crippen molar-refractivity contribution in [3.63, 3.8) is 0 Å². The van der Waals surface area contributed by atoms with Crippen LogP contribution in [0.5, 0.6) is 11.5 Å². The lowest BCUT2D eigenvalue weighted by Gasteiger charge is -2.09. The quantitative estimate of drug-likeness (QED) is 0.701. The van der Waals surface area contributed by atoms with E-state index in [1.54, 1.807) is 19.2 Å². The van der Waals surface area contributed by atoms with Gasteiger partial charge in [-0.25, -0.2) is 0 Å². The fourth-order valence-electron chi connectivity index (χ4n) is 2.63. The summed E-state index contributed by atoms with van der Waals surface area (Å²) in [6.45, 7) is 2.45. The number of hydrogen-bond acceptors (Lipinski definition) is 4. The van der Waals surface area contributed by atoms with Gasteiger partial charge in [0.1, 0.15) is 11.5 Å². The molecule has 0 fully saturated rings. The van der Waals surface area contributed by atoms with Crippen molar-refractivity contribution in [2.75, 3.05) is 20.8 Å². The lowest BCUT2D eigenvalue weighted by atomic mass is 10.0. The van der Waals surface area contributed by atoms with Crippen LogP contribution in [0.1, 0.15) is 34.3 Å². The van der Waals surface area contributed by atoms with Crippen LogP contribution >= 0.6 is 0 Å². The van der Waals surface area contributed by atoms with Gasteiger partial charge < -0.3 is 14.8 Å². The summed E-state index contributed by atoms with van der Waals surface area (Å²) in [6.07, 6.45) is 1.06. The molecule has 0 radical (unpaired) electrons. The van der Waals surface area contributed by atoms with Gasteiger partial charge >= 0.3 is 0 Å². The summed E-state index contributed by atoms with van der Waals surface area (Å²) in [4.78, 5) is 24.3. The number of hydrogen-bond donors (Lipinski definition) is 1. The Bertz CT molecular complexity index is 753. The molecule has 0 heterocycles. The molecule has 0 saturated carbocycles. The number of benzene rings is 2. The van der Waals surface area contributed by atoms with Gasteiger partial charge in [0.2, 0.25) is 5.91 Å². The Kier molecular flexibility index (Phi) is 7.21. The predicted octanol–water partition coefficient (Wildman–Crippen LogP) is 3.33. The van der Waals surface area contributed by atoms with Crippen molar-refractivity contribution < 1.29 is 19.1 Å². The molecule has 0 spiro atoms. The molecule has 2 rings (SSSR count). The summed E-state index contributed by atoms with van der Waals surface area (Å²) >= 11 is 0. The summed E-state index contributed by atoms with van der Waals surface area (Å²) in [5, 5.41) is 2.85. The number of carbonyl (C=O) groups excluding carboxylic acids is 2. The van der Waals surface area contributed by atoms with E-state index >= 15 is 0 Å². The third-order valence-electron chi connectivity index (χ3n) is 4.13. The summed E-state index contributed by atoms with van der Waals surface area (Å²) in [7, 11) is 3.16. The molecule has 0 aliphatic heterocycles. The molecule has 2 aromatic rings. The van der Waals surface area contributed by atoms with Crippen molar-refractivity contribution in [3.8, 4) is 11.5 Å². The van der Waals surface area contributed by atoms with Gasteiger partial charge in [0.15, 0.2) is 5.78 Å². The molecule has 0 atom stereocenters. The smallest absolute Gasteiger partial charge is 0.220 e. The Morgan fingerprint density at radius 2 is 1.69 bits per heavy atom. The van der Waals surface area contributed by atoms with Crippen LogP contribution in [-0.2, 0) is 11.2 Å². The Labute approximate surface area is 154 Å². The van der Waals surface area contributed by atoms with Crippen LogP contribution in [0, 0.1) is 6.92 Å². The summed E-state index contributed by atoms with van der Waals surface area (Å²) in [5.74, 6) is 1.14. The lowest BCUT2D eigenvalue weighted by Crippen LogP contribution is -2.26. The number of rotatable bonds is 9. The highest BCUT2D eigenvalue weighted by atomic mass is 16.5. The van der Waals surface area contributed by atoms with Gasteiger partial charge in [-0.1, -0.05) is 23.8 Å². The van der Waals surface area contributed by atoms with E-state index in [0.717, 1.165) is 23.3 Å². The maximum absolute atomic E-state index is 12.4. The fraction of sp³-hybridized carbons (Fsp3) is 0.333. The molecule has 0 aromatic heterocycles. The predicted molar refractivity (Wildman–Crippen MR) is 101 cm³/mol. The minimum absolute atomic E-state index is 0.0872. The zero-order valence-corrected chi connectivity index (χ0v) is 15.5. The summed E-state index contributed by atoms with van der Waals surface area (Å²) < 4.78 is 10.3. The number of methoxy groups -OCH3 is 2. The van der Waals surface area contributed by atoms with Crippen molar-refractivity contribution in [1.29, 1.82) is 0 Å². The van der Waals surface area contributed by atoms with Crippen LogP contribution in [0.15, 0.2) is 42.5 Å². The lowest BCUT2D eigenvalue weighted by molar-refractivity contribution is -0.121. The molecule has 1 N–H and O–H groups in total. The molecule has 0 unspecified atom stereocenters. The minimum atomic E-state index is -0.126. The van der Waals surface area contributed by atoms with Crippen LogP contribution in [0.4, 0.5) is 0 Å². The minimum Gasteiger partial charge on any atom is -0.497 e. The van der Waals surface area contributed by atoms with E-state index in [1.807, 2.05) is 37.3 Å². The monoisotopic (exact) mass is 355 g/mol. The van der Waals surface area contributed by atoms with Crippen LogP contribution in [-0.4, -0.2) is 32.5 Å². The van der Waals surface area contributed by atoms with Crippen molar-refractivity contribution >= 4 is 11.7 Å². The van der Waals surface area contributed by atoms with E-state index in [1.165, 1.54) is 7.11 Å². The van der Waals surface area contributed by atoms with E-state index < -0.39 is 0 Å². The van der Waals surface area contributed by atoms with Crippen molar-refractivity contribution in [2.24, 2.45) is 0 Å². The number of Topliss-reactive ketones (excluding diaryl/α,β-unsaturated/α-hetero) is 1. The third kappa shape index (κ3) is 5.62. The normalized spacial score (nSPS) is 10.3. The fourth-order valence-corrected chi connectivity index (χ4v) is 2.63. The molecule has 0 bridgehead atoms. The van der Waals surface area contributed by atoms with Gasteiger partial charge in [0.25, 0.3) is 0 Å². The molecule has 1 amide bonds. The number of aryl methyl sites for hydroxylation is 1. The topological polar surface area (TPSA) is 64.6 Å². The van der Waals surface area contributed by atoms with E-state index in [2.05, 4.69) is 5.32 Å². The van der Waals surface area contributed by atoms with Gasteiger partial charge in [-0.15, -0.1) is 0 Å². The zero-order chi connectivity index (χ0) is 18.9. The van der Waals surface area contributed by atoms with E-state index in [9.17, 15) is 9.59 Å². The highest BCUT2D eigenvalue weighted by Crippen LogP contribution is 2.21. The van der Waals surface area contributed by atoms with E-state index in [4.69, 9.17) is 9.47 Å². The standard InChI is InChI=1S/C21H25NO4/c1-15-4-10-20(26-3)18(14-15)19(23)9-11-21(24)22-13-12-16-5-7-17(25-2)8-6-16/h4-8,10,14H,9,11-13H2,1-3H3,(H,22,24). The second-order valence-corrected chi connectivity index (χ2v) is 6.07. The molecule has 0 aliphatic carbocycles. The first kappa shape index (κ1) is 19.5. The molecule has 5 heteroatoms. The summed E-state index contributed by atoms with van der Waals surface area (Å²) in [6, 6.07) is 13.2.